The Labute approximate surface area is 131 Å². The molecule has 3 nitrogen and oxygen atoms in total. The molecule has 104 valence electrons. The van der Waals surface area contributed by atoms with Crippen molar-refractivity contribution in [2.75, 3.05) is 5.32 Å². The van der Waals surface area contributed by atoms with Gasteiger partial charge in [-0.3, -0.25) is 4.79 Å². The Kier molecular flexibility index (Phi) is 4.57. The molecule has 0 saturated carbocycles. The van der Waals surface area contributed by atoms with E-state index in [9.17, 15) is 13.6 Å². The highest BCUT2D eigenvalue weighted by Crippen LogP contribution is 2.25. The summed E-state index contributed by atoms with van der Waals surface area (Å²) >= 11 is 14.4. The molecule has 2 aromatic rings. The second-order valence-electron chi connectivity index (χ2n) is 3.69. The molecule has 1 N–H and O–H groups in total. The van der Waals surface area contributed by atoms with Gasteiger partial charge in [0, 0.05) is 12.3 Å². The number of anilines is 1. The minimum Gasteiger partial charge on any atom is -0.319 e. The van der Waals surface area contributed by atoms with Gasteiger partial charge in [-0.1, -0.05) is 23.2 Å². The fourth-order valence-corrected chi connectivity index (χ4v) is 2.09. The van der Waals surface area contributed by atoms with Gasteiger partial charge in [0.15, 0.2) is 0 Å². The predicted molar refractivity (Wildman–Crippen MR) is 76.3 cm³/mol. The second kappa shape index (κ2) is 6.03. The number of nitrogens with one attached hydrogen (secondary N) is 1. The summed E-state index contributed by atoms with van der Waals surface area (Å²) in [5.74, 6) is -2.36. The van der Waals surface area contributed by atoms with Gasteiger partial charge >= 0.3 is 0 Å². The number of benzene rings is 1. The van der Waals surface area contributed by atoms with E-state index in [1.807, 2.05) is 0 Å². The number of hydrogen-bond donors (Lipinski definition) is 1. The van der Waals surface area contributed by atoms with Gasteiger partial charge in [-0.15, -0.1) is 0 Å². The molecule has 0 spiro atoms. The number of pyridine rings is 1. The summed E-state index contributed by atoms with van der Waals surface area (Å²) in [4.78, 5) is 15.7. The minimum absolute atomic E-state index is 0.0213. The van der Waals surface area contributed by atoms with Crippen molar-refractivity contribution in [2.24, 2.45) is 0 Å². The van der Waals surface area contributed by atoms with Gasteiger partial charge in [0.05, 0.1) is 20.7 Å². The second-order valence-corrected chi connectivity index (χ2v) is 5.34. The highest BCUT2D eigenvalue weighted by atomic mass is 79.9. The van der Waals surface area contributed by atoms with Crippen molar-refractivity contribution in [1.82, 2.24) is 4.98 Å². The zero-order valence-corrected chi connectivity index (χ0v) is 12.7. The first-order chi connectivity index (χ1) is 9.38. The molecule has 0 radical (unpaired) electrons. The number of hydrogen-bond acceptors (Lipinski definition) is 2. The van der Waals surface area contributed by atoms with E-state index < -0.39 is 17.5 Å². The molecule has 0 aliphatic heterocycles. The lowest BCUT2D eigenvalue weighted by Gasteiger charge is -2.08. The lowest BCUT2D eigenvalue weighted by atomic mass is 10.2. The Bertz CT molecular complexity index is 697. The van der Waals surface area contributed by atoms with E-state index in [0.29, 0.717) is 6.07 Å². The van der Waals surface area contributed by atoms with Gasteiger partial charge in [-0.2, -0.15) is 0 Å². The van der Waals surface area contributed by atoms with Crippen LogP contribution in [0.2, 0.25) is 10.2 Å². The van der Waals surface area contributed by atoms with E-state index >= 15 is 0 Å². The van der Waals surface area contributed by atoms with Crippen molar-refractivity contribution < 1.29 is 13.6 Å². The smallest absolute Gasteiger partial charge is 0.257 e. The van der Waals surface area contributed by atoms with E-state index in [0.717, 1.165) is 6.07 Å². The Morgan fingerprint density at radius 2 is 1.90 bits per heavy atom. The van der Waals surface area contributed by atoms with Gasteiger partial charge in [-0.05, 0) is 28.1 Å². The Morgan fingerprint density at radius 1 is 1.20 bits per heavy atom. The number of rotatable bonds is 2. The van der Waals surface area contributed by atoms with Gasteiger partial charge in [0.2, 0.25) is 0 Å². The lowest BCUT2D eigenvalue weighted by molar-refractivity contribution is 0.102. The minimum atomic E-state index is -0.907. The van der Waals surface area contributed by atoms with Crippen LogP contribution in [0.4, 0.5) is 14.5 Å². The molecule has 1 aromatic carbocycles. The highest BCUT2D eigenvalue weighted by molar-refractivity contribution is 9.10. The molecule has 0 aliphatic rings. The molecule has 0 unspecified atom stereocenters. The van der Waals surface area contributed by atoms with Crippen LogP contribution in [-0.4, -0.2) is 10.9 Å². The first-order valence-corrected chi connectivity index (χ1v) is 6.70. The van der Waals surface area contributed by atoms with Crippen molar-refractivity contribution >= 4 is 50.7 Å². The third-order valence-electron chi connectivity index (χ3n) is 2.32. The van der Waals surface area contributed by atoms with Crippen LogP contribution in [0.25, 0.3) is 0 Å². The summed E-state index contributed by atoms with van der Waals surface area (Å²) in [7, 11) is 0. The summed E-state index contributed by atoms with van der Waals surface area (Å²) in [5, 5.41) is 2.41. The molecule has 1 heterocycles. The Balaban J connectivity index is 2.32. The SMILES string of the molecule is O=C(Nc1cc(Br)c(F)cc1F)c1cc(Cl)ncc1Cl. The molecule has 8 heteroatoms. The Hall–Kier alpha value is -1.24. The average molecular weight is 382 g/mol. The molecule has 0 aliphatic carbocycles. The first kappa shape index (κ1) is 15.2. The highest BCUT2D eigenvalue weighted by Gasteiger charge is 2.15. The van der Waals surface area contributed by atoms with Crippen LogP contribution in [-0.2, 0) is 0 Å². The van der Waals surface area contributed by atoms with Crippen molar-refractivity contribution in [3.63, 3.8) is 0 Å². The number of halogens is 5. The number of nitrogens with zero attached hydrogens (tertiary/aromatic N) is 1. The summed E-state index contributed by atoms with van der Waals surface area (Å²) in [6, 6.07) is 3.01. The predicted octanol–water partition coefficient (Wildman–Crippen LogP) is 4.68. The summed E-state index contributed by atoms with van der Waals surface area (Å²) < 4.78 is 26.7. The topological polar surface area (TPSA) is 42.0 Å². The van der Waals surface area contributed by atoms with Crippen LogP contribution >= 0.6 is 39.1 Å². The van der Waals surface area contributed by atoms with E-state index in [2.05, 4.69) is 26.2 Å². The number of amides is 1. The largest absolute Gasteiger partial charge is 0.319 e. The summed E-state index contributed by atoms with van der Waals surface area (Å²) in [6.07, 6.45) is 1.20. The van der Waals surface area contributed by atoms with Crippen LogP contribution in [0.15, 0.2) is 28.9 Å². The maximum atomic E-state index is 13.5. The van der Waals surface area contributed by atoms with Crippen LogP contribution in [0.3, 0.4) is 0 Å². The third kappa shape index (κ3) is 3.26. The standard InChI is InChI=1S/C12H5BrCl2F2N2O/c13-6-2-10(9(17)3-8(6)16)19-12(20)5-1-11(15)18-4-7(5)14/h1-4H,(H,19,20). The molecule has 1 aromatic heterocycles. The van der Waals surface area contributed by atoms with Crippen LogP contribution < -0.4 is 5.32 Å². The maximum Gasteiger partial charge on any atom is 0.257 e. The molecule has 20 heavy (non-hydrogen) atoms. The summed E-state index contributed by atoms with van der Waals surface area (Å²) in [5.41, 5.74) is -0.154. The van der Waals surface area contributed by atoms with Crippen molar-refractivity contribution in [2.45, 2.75) is 0 Å². The molecule has 0 bridgehead atoms. The van der Waals surface area contributed by atoms with Gasteiger partial charge in [-0.25, -0.2) is 13.8 Å². The first-order valence-electron chi connectivity index (χ1n) is 5.15. The normalized spacial score (nSPS) is 10.4. The fraction of sp³-hybridized carbons (Fsp3) is 0. The van der Waals surface area contributed by atoms with Crippen molar-refractivity contribution in [3.8, 4) is 0 Å². The monoisotopic (exact) mass is 380 g/mol. The number of carbonyl (C=O) groups excluding carboxylic acids is 1. The van der Waals surface area contributed by atoms with E-state index in [-0.39, 0.29) is 25.9 Å². The quantitative estimate of drug-likeness (QED) is 0.606. The molecule has 0 fully saturated rings. The number of aromatic nitrogens is 1. The van der Waals surface area contributed by atoms with E-state index in [1.165, 1.54) is 12.3 Å². The van der Waals surface area contributed by atoms with Crippen LogP contribution in [0, 0.1) is 11.6 Å². The lowest BCUT2D eigenvalue weighted by Crippen LogP contribution is -2.14. The van der Waals surface area contributed by atoms with Crippen LogP contribution in [0.5, 0.6) is 0 Å². The zero-order valence-electron chi connectivity index (χ0n) is 9.55. The van der Waals surface area contributed by atoms with E-state index in [1.54, 1.807) is 0 Å². The number of carbonyl (C=O) groups is 1. The molecule has 0 saturated heterocycles. The zero-order chi connectivity index (χ0) is 14.9. The molecule has 0 atom stereocenters. The maximum absolute atomic E-state index is 13.5. The molecular formula is C12H5BrCl2F2N2O. The van der Waals surface area contributed by atoms with Crippen LogP contribution in [0.1, 0.15) is 10.4 Å². The van der Waals surface area contributed by atoms with Crippen molar-refractivity contribution in [3.05, 3.63) is 56.2 Å². The Morgan fingerprint density at radius 3 is 2.60 bits per heavy atom. The van der Waals surface area contributed by atoms with Gasteiger partial charge in [0.25, 0.3) is 5.91 Å². The third-order valence-corrected chi connectivity index (χ3v) is 3.44. The van der Waals surface area contributed by atoms with E-state index in [4.69, 9.17) is 23.2 Å². The molecular weight excluding hydrogens is 377 g/mol. The van der Waals surface area contributed by atoms with Crippen molar-refractivity contribution in [1.29, 1.82) is 0 Å². The van der Waals surface area contributed by atoms with Gasteiger partial charge in [0.1, 0.15) is 16.8 Å². The molecule has 2 rings (SSSR count). The fourth-order valence-electron chi connectivity index (χ4n) is 1.40. The van der Waals surface area contributed by atoms with Gasteiger partial charge < -0.3 is 5.32 Å². The summed E-state index contributed by atoms with van der Waals surface area (Å²) in [6.45, 7) is 0. The molecule has 1 amide bonds. The average Bonchev–Trinajstić information content (AvgIpc) is 2.38.